The minimum absolute atomic E-state index is 0.0202. The van der Waals surface area contributed by atoms with E-state index >= 15 is 0 Å². The average molecular weight is 295 g/mol. The minimum atomic E-state index is -0.468. The Morgan fingerprint density at radius 3 is 2.71 bits per heavy atom. The van der Waals surface area contributed by atoms with Crippen molar-refractivity contribution in [3.63, 3.8) is 0 Å². The van der Waals surface area contributed by atoms with Gasteiger partial charge in [-0.15, -0.1) is 0 Å². The zero-order valence-electron chi connectivity index (χ0n) is 12.6. The molecule has 0 atom stereocenters. The van der Waals surface area contributed by atoms with Crippen LogP contribution in [-0.4, -0.2) is 43.0 Å². The molecule has 0 aliphatic carbocycles. The number of carbonyl (C=O) groups is 1. The van der Waals surface area contributed by atoms with Crippen LogP contribution in [0.25, 0.3) is 0 Å². The summed E-state index contributed by atoms with van der Waals surface area (Å²) in [6.07, 6.45) is 1.13. The van der Waals surface area contributed by atoms with Crippen LogP contribution in [0.4, 0.5) is 11.4 Å². The molecule has 21 heavy (non-hydrogen) atoms. The third-order valence-corrected chi connectivity index (χ3v) is 2.78. The lowest BCUT2D eigenvalue weighted by Crippen LogP contribution is -2.23. The Kier molecular flexibility index (Phi) is 6.45. The molecule has 1 aromatic carbocycles. The van der Waals surface area contributed by atoms with Gasteiger partial charge in [-0.3, -0.25) is 14.9 Å². The lowest BCUT2D eigenvalue weighted by Gasteiger charge is -2.12. The van der Waals surface area contributed by atoms with Crippen molar-refractivity contribution < 1.29 is 14.5 Å². The smallest absolute Gasteiger partial charge is 0.311 e. The van der Waals surface area contributed by atoms with Crippen LogP contribution < -0.4 is 10.1 Å². The van der Waals surface area contributed by atoms with Gasteiger partial charge in [0.25, 0.3) is 0 Å². The Labute approximate surface area is 124 Å². The molecule has 1 rings (SSSR count). The maximum absolute atomic E-state index is 11.5. The largest absolute Gasteiger partial charge is 0.487 e. The number of nitrogens with zero attached hydrogens (tertiary/aromatic N) is 2. The van der Waals surface area contributed by atoms with Crippen molar-refractivity contribution in [3.05, 3.63) is 28.3 Å². The van der Waals surface area contributed by atoms with Gasteiger partial charge in [0, 0.05) is 44.9 Å². The molecule has 116 valence electrons. The molecule has 1 aromatic rings. The van der Waals surface area contributed by atoms with Crippen molar-refractivity contribution in [1.29, 1.82) is 0 Å². The highest BCUT2D eigenvalue weighted by Crippen LogP contribution is 2.30. The van der Waals surface area contributed by atoms with Crippen LogP contribution in [0.15, 0.2) is 18.2 Å². The number of nitrogens with one attached hydrogen (secondary N) is 1. The third kappa shape index (κ3) is 5.29. The fraction of sp³-hybridized carbons (Fsp3) is 0.500. The van der Waals surface area contributed by atoms with E-state index in [1.807, 2.05) is 6.92 Å². The molecule has 0 unspecified atom stereocenters. The minimum Gasteiger partial charge on any atom is -0.487 e. The Morgan fingerprint density at radius 2 is 2.14 bits per heavy atom. The molecule has 0 saturated carbocycles. The molecule has 0 spiro atoms. The number of amides is 1. The maximum atomic E-state index is 11.5. The molecule has 0 fully saturated rings. The summed E-state index contributed by atoms with van der Waals surface area (Å²) >= 11 is 0. The van der Waals surface area contributed by atoms with Crippen molar-refractivity contribution in [3.8, 4) is 5.75 Å². The van der Waals surface area contributed by atoms with E-state index in [1.54, 1.807) is 26.2 Å². The first kappa shape index (κ1) is 16.7. The summed E-state index contributed by atoms with van der Waals surface area (Å²) in [4.78, 5) is 23.4. The second-order valence-corrected chi connectivity index (χ2v) is 4.75. The van der Waals surface area contributed by atoms with Crippen LogP contribution in [0.5, 0.6) is 5.75 Å². The monoisotopic (exact) mass is 295 g/mol. The van der Waals surface area contributed by atoms with Gasteiger partial charge in [-0.25, -0.2) is 0 Å². The molecule has 1 amide bonds. The molecule has 0 bridgehead atoms. The van der Waals surface area contributed by atoms with E-state index in [1.165, 1.54) is 11.0 Å². The SMILES string of the molecule is CCCOc1cc(NCCC(=O)N(C)C)ccc1[N+](=O)[O-]. The quantitative estimate of drug-likeness (QED) is 0.587. The molecule has 0 saturated heterocycles. The van der Waals surface area contributed by atoms with Crippen LogP contribution in [0, 0.1) is 10.1 Å². The molecule has 1 N–H and O–H groups in total. The average Bonchev–Trinajstić information content (AvgIpc) is 2.44. The van der Waals surface area contributed by atoms with Gasteiger partial charge in [0.15, 0.2) is 5.75 Å². The summed E-state index contributed by atoms with van der Waals surface area (Å²) < 4.78 is 5.40. The van der Waals surface area contributed by atoms with E-state index in [-0.39, 0.29) is 17.3 Å². The molecule has 0 aromatic heterocycles. The van der Waals surface area contributed by atoms with Crippen LogP contribution >= 0.6 is 0 Å². The first-order valence-electron chi connectivity index (χ1n) is 6.81. The van der Waals surface area contributed by atoms with Crippen LogP contribution in [0.3, 0.4) is 0 Å². The van der Waals surface area contributed by atoms with Crippen molar-refractivity contribution >= 4 is 17.3 Å². The predicted molar refractivity (Wildman–Crippen MR) is 80.7 cm³/mol. The van der Waals surface area contributed by atoms with Gasteiger partial charge < -0.3 is 15.0 Å². The van der Waals surface area contributed by atoms with Crippen LogP contribution in [-0.2, 0) is 4.79 Å². The molecule has 0 radical (unpaired) electrons. The Hall–Kier alpha value is -2.31. The number of nitro benzene ring substituents is 1. The van der Waals surface area contributed by atoms with E-state index in [0.717, 1.165) is 6.42 Å². The second kappa shape index (κ2) is 8.08. The third-order valence-electron chi connectivity index (χ3n) is 2.78. The molecular weight excluding hydrogens is 274 g/mol. The van der Waals surface area contributed by atoms with Gasteiger partial charge in [0.1, 0.15) is 0 Å². The fourth-order valence-corrected chi connectivity index (χ4v) is 1.64. The Morgan fingerprint density at radius 1 is 1.43 bits per heavy atom. The normalized spacial score (nSPS) is 10.0. The topological polar surface area (TPSA) is 84.7 Å². The zero-order valence-corrected chi connectivity index (χ0v) is 12.6. The van der Waals surface area contributed by atoms with Gasteiger partial charge in [-0.05, 0) is 12.5 Å². The summed E-state index contributed by atoms with van der Waals surface area (Å²) in [6, 6.07) is 4.60. The predicted octanol–water partition coefficient (Wildman–Crippen LogP) is 2.27. The molecule has 7 heteroatoms. The van der Waals surface area contributed by atoms with E-state index in [9.17, 15) is 14.9 Å². The summed E-state index contributed by atoms with van der Waals surface area (Å²) in [5, 5.41) is 14.0. The number of ether oxygens (including phenoxy) is 1. The first-order chi connectivity index (χ1) is 9.95. The number of nitro groups is 1. The number of benzene rings is 1. The zero-order chi connectivity index (χ0) is 15.8. The van der Waals surface area contributed by atoms with E-state index < -0.39 is 4.92 Å². The van der Waals surface area contributed by atoms with Gasteiger partial charge in [-0.1, -0.05) is 6.92 Å². The van der Waals surface area contributed by atoms with Crippen molar-refractivity contribution in [2.45, 2.75) is 19.8 Å². The Bertz CT molecular complexity index is 503. The van der Waals surface area contributed by atoms with Crippen molar-refractivity contribution in [1.82, 2.24) is 4.90 Å². The highest BCUT2D eigenvalue weighted by Gasteiger charge is 2.15. The summed E-state index contributed by atoms with van der Waals surface area (Å²) in [6.45, 7) is 2.81. The number of carbonyl (C=O) groups excluding carboxylic acids is 1. The summed E-state index contributed by atoms with van der Waals surface area (Å²) in [7, 11) is 3.40. The van der Waals surface area contributed by atoms with Crippen LogP contribution in [0.1, 0.15) is 19.8 Å². The second-order valence-electron chi connectivity index (χ2n) is 4.75. The standard InChI is InChI=1S/C14H21N3O4/c1-4-9-21-13-10-11(5-6-12(13)17(19)20)15-8-7-14(18)16(2)3/h5-6,10,15H,4,7-9H2,1-3H3. The molecule has 7 nitrogen and oxygen atoms in total. The first-order valence-corrected chi connectivity index (χ1v) is 6.81. The molecule has 0 aliphatic rings. The van der Waals surface area contributed by atoms with Gasteiger partial charge in [-0.2, -0.15) is 0 Å². The molecular formula is C14H21N3O4. The van der Waals surface area contributed by atoms with Crippen LogP contribution in [0.2, 0.25) is 0 Å². The number of anilines is 1. The lowest BCUT2D eigenvalue weighted by molar-refractivity contribution is -0.385. The van der Waals surface area contributed by atoms with Crippen molar-refractivity contribution in [2.75, 3.05) is 32.6 Å². The summed E-state index contributed by atoms with van der Waals surface area (Å²) in [5.41, 5.74) is 0.636. The number of hydrogen-bond acceptors (Lipinski definition) is 5. The van der Waals surface area contributed by atoms with Gasteiger partial charge in [0.2, 0.25) is 5.91 Å². The maximum Gasteiger partial charge on any atom is 0.311 e. The lowest BCUT2D eigenvalue weighted by atomic mass is 10.2. The van der Waals surface area contributed by atoms with Gasteiger partial charge in [0.05, 0.1) is 11.5 Å². The molecule has 0 aliphatic heterocycles. The molecule has 0 heterocycles. The number of rotatable bonds is 8. The van der Waals surface area contributed by atoms with E-state index in [2.05, 4.69) is 5.32 Å². The Balaban J connectivity index is 2.71. The highest BCUT2D eigenvalue weighted by molar-refractivity contribution is 5.76. The van der Waals surface area contributed by atoms with E-state index in [0.29, 0.717) is 25.3 Å². The van der Waals surface area contributed by atoms with Crippen molar-refractivity contribution in [2.24, 2.45) is 0 Å². The van der Waals surface area contributed by atoms with Gasteiger partial charge >= 0.3 is 5.69 Å². The summed E-state index contributed by atoms with van der Waals surface area (Å²) in [5.74, 6) is 0.262. The highest BCUT2D eigenvalue weighted by atomic mass is 16.6. The van der Waals surface area contributed by atoms with E-state index in [4.69, 9.17) is 4.74 Å². The number of hydrogen-bond donors (Lipinski definition) is 1. The fourth-order valence-electron chi connectivity index (χ4n) is 1.64.